The van der Waals surface area contributed by atoms with Crippen molar-refractivity contribution in [3.8, 4) is 0 Å². The van der Waals surface area contributed by atoms with Crippen molar-refractivity contribution in [1.29, 1.82) is 0 Å². The summed E-state index contributed by atoms with van der Waals surface area (Å²) in [5.74, 6) is 0. The van der Waals surface area contributed by atoms with E-state index in [-0.39, 0.29) is 5.54 Å². The van der Waals surface area contributed by atoms with Gasteiger partial charge < -0.3 is 10.6 Å². The van der Waals surface area contributed by atoms with Crippen molar-refractivity contribution < 1.29 is 0 Å². The third-order valence-electron chi connectivity index (χ3n) is 4.56. The number of hydrogen-bond donors (Lipinski definition) is 1. The lowest BCUT2D eigenvalue weighted by molar-refractivity contribution is 0.296. The fourth-order valence-corrected chi connectivity index (χ4v) is 3.57. The van der Waals surface area contributed by atoms with Gasteiger partial charge in [0.15, 0.2) is 0 Å². The van der Waals surface area contributed by atoms with E-state index in [1.807, 2.05) is 0 Å². The van der Waals surface area contributed by atoms with E-state index in [0.29, 0.717) is 0 Å². The van der Waals surface area contributed by atoms with E-state index >= 15 is 0 Å². The molecule has 0 spiro atoms. The molecule has 1 heterocycles. The van der Waals surface area contributed by atoms with Crippen molar-refractivity contribution in [2.45, 2.75) is 50.5 Å². The second-order valence-electron chi connectivity index (χ2n) is 6.08. The molecule has 0 saturated heterocycles. The molecule has 0 atom stereocenters. The summed E-state index contributed by atoms with van der Waals surface area (Å²) >= 11 is 0. The maximum atomic E-state index is 6.61. The Balaban J connectivity index is 1.77. The van der Waals surface area contributed by atoms with Gasteiger partial charge in [-0.05, 0) is 37.3 Å². The minimum absolute atomic E-state index is 0.0582. The van der Waals surface area contributed by atoms with Crippen LogP contribution in [0.15, 0.2) is 24.3 Å². The van der Waals surface area contributed by atoms with Gasteiger partial charge in [0.1, 0.15) is 0 Å². The van der Waals surface area contributed by atoms with E-state index in [0.717, 1.165) is 6.54 Å². The summed E-state index contributed by atoms with van der Waals surface area (Å²) in [4.78, 5) is 2.53. The average Bonchev–Trinajstić information content (AvgIpc) is 2.40. The molecular weight excluding hydrogens is 220 g/mol. The van der Waals surface area contributed by atoms with Crippen molar-refractivity contribution in [1.82, 2.24) is 0 Å². The molecule has 18 heavy (non-hydrogen) atoms. The van der Waals surface area contributed by atoms with Crippen molar-refractivity contribution in [2.24, 2.45) is 5.73 Å². The molecule has 3 rings (SSSR count). The molecule has 0 unspecified atom stereocenters. The topological polar surface area (TPSA) is 29.3 Å². The standard InChI is InChI=1S/C16H24N2/c17-16(10-4-1-5-11-16)13-18-12-6-8-14-7-2-3-9-15(14)18/h2-3,7,9H,1,4-6,8,10-13,17H2. The van der Waals surface area contributed by atoms with E-state index in [4.69, 9.17) is 5.73 Å². The van der Waals surface area contributed by atoms with Gasteiger partial charge in [-0.25, -0.2) is 0 Å². The molecule has 1 aliphatic carbocycles. The lowest BCUT2D eigenvalue weighted by Gasteiger charge is -2.41. The smallest absolute Gasteiger partial charge is 0.0399 e. The van der Waals surface area contributed by atoms with Crippen LogP contribution in [0.2, 0.25) is 0 Å². The van der Waals surface area contributed by atoms with E-state index in [2.05, 4.69) is 29.2 Å². The van der Waals surface area contributed by atoms with Crippen LogP contribution < -0.4 is 10.6 Å². The second-order valence-corrected chi connectivity index (χ2v) is 6.08. The van der Waals surface area contributed by atoms with Crippen LogP contribution in [-0.4, -0.2) is 18.6 Å². The molecule has 1 aliphatic heterocycles. The molecule has 1 aromatic carbocycles. The molecule has 2 N–H and O–H groups in total. The molecule has 2 heteroatoms. The lowest BCUT2D eigenvalue weighted by atomic mass is 9.81. The molecule has 0 radical (unpaired) electrons. The fraction of sp³-hybridized carbons (Fsp3) is 0.625. The van der Waals surface area contributed by atoms with Crippen molar-refractivity contribution in [3.63, 3.8) is 0 Å². The van der Waals surface area contributed by atoms with Crippen LogP contribution in [0.4, 0.5) is 5.69 Å². The summed E-state index contributed by atoms with van der Waals surface area (Å²) in [5, 5.41) is 0. The lowest BCUT2D eigenvalue weighted by Crippen LogP contribution is -2.52. The van der Waals surface area contributed by atoms with Crippen molar-refractivity contribution in [3.05, 3.63) is 29.8 Å². The Hall–Kier alpha value is -1.02. The van der Waals surface area contributed by atoms with E-state index in [9.17, 15) is 0 Å². The Morgan fingerprint density at radius 3 is 2.67 bits per heavy atom. The third kappa shape index (κ3) is 2.39. The van der Waals surface area contributed by atoms with Gasteiger partial charge in [0.2, 0.25) is 0 Å². The maximum absolute atomic E-state index is 6.61. The SMILES string of the molecule is NC1(CN2CCCc3ccccc32)CCCCC1. The number of benzene rings is 1. The van der Waals surface area contributed by atoms with Crippen molar-refractivity contribution >= 4 is 5.69 Å². The summed E-state index contributed by atoms with van der Waals surface area (Å²) in [5.41, 5.74) is 9.60. The molecule has 1 fully saturated rings. The average molecular weight is 244 g/mol. The first kappa shape index (κ1) is 12.0. The number of para-hydroxylation sites is 1. The zero-order valence-corrected chi connectivity index (χ0v) is 11.2. The van der Waals surface area contributed by atoms with Gasteiger partial charge in [0.05, 0.1) is 0 Å². The Kier molecular flexibility index (Phi) is 3.29. The van der Waals surface area contributed by atoms with Gasteiger partial charge in [-0.2, -0.15) is 0 Å². The van der Waals surface area contributed by atoms with Gasteiger partial charge in [-0.3, -0.25) is 0 Å². The Labute approximate surface area is 110 Å². The number of fused-ring (bicyclic) bond motifs is 1. The summed E-state index contributed by atoms with van der Waals surface area (Å²) in [6, 6.07) is 8.84. The number of nitrogens with zero attached hydrogens (tertiary/aromatic N) is 1. The molecule has 1 saturated carbocycles. The zero-order valence-electron chi connectivity index (χ0n) is 11.2. The first-order valence-electron chi connectivity index (χ1n) is 7.39. The van der Waals surface area contributed by atoms with Crippen LogP contribution in [0.1, 0.15) is 44.1 Å². The quantitative estimate of drug-likeness (QED) is 0.866. The Morgan fingerprint density at radius 2 is 1.83 bits per heavy atom. The summed E-state index contributed by atoms with van der Waals surface area (Å²) in [6.07, 6.45) is 8.89. The van der Waals surface area contributed by atoms with Crippen LogP contribution in [0.5, 0.6) is 0 Å². The monoisotopic (exact) mass is 244 g/mol. The first-order valence-corrected chi connectivity index (χ1v) is 7.39. The van der Waals surface area contributed by atoms with E-state index in [1.165, 1.54) is 62.7 Å². The van der Waals surface area contributed by atoms with Gasteiger partial charge in [0, 0.05) is 24.3 Å². The number of aryl methyl sites for hydroxylation is 1. The molecule has 2 nitrogen and oxygen atoms in total. The number of rotatable bonds is 2. The zero-order chi connectivity index (χ0) is 12.4. The summed E-state index contributed by atoms with van der Waals surface area (Å²) < 4.78 is 0. The van der Waals surface area contributed by atoms with Crippen LogP contribution in [0.25, 0.3) is 0 Å². The highest BCUT2D eigenvalue weighted by atomic mass is 15.2. The summed E-state index contributed by atoms with van der Waals surface area (Å²) in [6.45, 7) is 2.22. The summed E-state index contributed by atoms with van der Waals surface area (Å²) in [7, 11) is 0. The van der Waals surface area contributed by atoms with Gasteiger partial charge in [0.25, 0.3) is 0 Å². The van der Waals surface area contributed by atoms with Crippen LogP contribution in [0.3, 0.4) is 0 Å². The maximum Gasteiger partial charge on any atom is 0.0399 e. The van der Waals surface area contributed by atoms with Crippen LogP contribution in [0, 0.1) is 0 Å². The fourth-order valence-electron chi connectivity index (χ4n) is 3.57. The Bertz CT molecular complexity index is 407. The first-order chi connectivity index (χ1) is 8.77. The van der Waals surface area contributed by atoms with Crippen LogP contribution >= 0.6 is 0 Å². The van der Waals surface area contributed by atoms with E-state index in [1.54, 1.807) is 0 Å². The predicted molar refractivity (Wildman–Crippen MR) is 77.0 cm³/mol. The Morgan fingerprint density at radius 1 is 1.06 bits per heavy atom. The molecule has 98 valence electrons. The number of nitrogens with two attached hydrogens (primary N) is 1. The third-order valence-corrected chi connectivity index (χ3v) is 4.56. The molecule has 2 aliphatic rings. The molecule has 0 amide bonds. The second kappa shape index (κ2) is 4.93. The van der Waals surface area contributed by atoms with Crippen LogP contribution in [-0.2, 0) is 6.42 Å². The van der Waals surface area contributed by atoms with Crippen molar-refractivity contribution in [2.75, 3.05) is 18.0 Å². The highest BCUT2D eigenvalue weighted by Crippen LogP contribution is 2.32. The van der Waals surface area contributed by atoms with Gasteiger partial charge in [-0.1, -0.05) is 37.5 Å². The van der Waals surface area contributed by atoms with Gasteiger partial charge in [-0.15, -0.1) is 0 Å². The normalized spacial score (nSPS) is 22.6. The minimum atomic E-state index is 0.0582. The molecular formula is C16H24N2. The minimum Gasteiger partial charge on any atom is -0.369 e. The molecule has 1 aromatic rings. The number of hydrogen-bond acceptors (Lipinski definition) is 2. The predicted octanol–water partition coefficient (Wildman–Crippen LogP) is 3.10. The molecule has 0 aromatic heterocycles. The highest BCUT2D eigenvalue weighted by Gasteiger charge is 2.31. The van der Waals surface area contributed by atoms with Gasteiger partial charge >= 0.3 is 0 Å². The largest absolute Gasteiger partial charge is 0.369 e. The molecule has 0 bridgehead atoms. The highest BCUT2D eigenvalue weighted by molar-refractivity contribution is 5.55. The number of anilines is 1. The van der Waals surface area contributed by atoms with E-state index < -0.39 is 0 Å².